The molecule has 25 heavy (non-hydrogen) atoms. The van der Waals surface area contributed by atoms with E-state index in [-0.39, 0.29) is 5.91 Å². The normalized spacial score (nSPS) is 17.0. The topological polar surface area (TPSA) is 59.5 Å². The Bertz CT molecular complexity index is 838. The summed E-state index contributed by atoms with van der Waals surface area (Å²) in [6.07, 6.45) is 5.03. The van der Waals surface area contributed by atoms with Gasteiger partial charge in [-0.1, -0.05) is 54.3 Å². The number of amides is 1. The molecule has 0 saturated carbocycles. The molecule has 126 valence electrons. The van der Waals surface area contributed by atoms with Crippen LogP contribution in [0.2, 0.25) is 0 Å². The van der Waals surface area contributed by atoms with Gasteiger partial charge in [0.15, 0.2) is 6.04 Å². The molecule has 0 radical (unpaired) electrons. The number of thiocarbonyl (C=S) groups is 1. The highest BCUT2D eigenvalue weighted by Gasteiger charge is 2.41. The van der Waals surface area contributed by atoms with Crippen LogP contribution in [0.15, 0.2) is 59.8 Å². The van der Waals surface area contributed by atoms with Crippen molar-refractivity contribution in [2.24, 2.45) is 0 Å². The average Bonchev–Trinajstić information content (AvgIpc) is 2.91. The summed E-state index contributed by atoms with van der Waals surface area (Å²) < 4.78 is 5.22. The van der Waals surface area contributed by atoms with Crippen molar-refractivity contribution in [1.29, 1.82) is 0 Å². The minimum Gasteiger partial charge on any atom is -0.467 e. The van der Waals surface area contributed by atoms with E-state index in [1.165, 1.54) is 23.8 Å². The third-order valence-electron chi connectivity index (χ3n) is 3.63. The molecule has 1 unspecified atom stereocenters. The highest BCUT2D eigenvalue weighted by atomic mass is 32.2. The van der Waals surface area contributed by atoms with Crippen molar-refractivity contribution in [2.75, 3.05) is 7.11 Å². The smallest absolute Gasteiger partial charge is 0.333 e. The van der Waals surface area contributed by atoms with E-state index in [4.69, 9.17) is 17.0 Å². The molecule has 0 bridgehead atoms. The Hall–Kier alpha value is -2.51. The third-order valence-corrected chi connectivity index (χ3v) is 4.96. The number of carbonyl (C=O) groups is 2. The summed E-state index contributed by atoms with van der Waals surface area (Å²) >= 11 is 6.53. The zero-order chi connectivity index (χ0) is 17.8. The molecular weight excluding hydrogens is 356 g/mol. The van der Waals surface area contributed by atoms with Gasteiger partial charge in [0.25, 0.3) is 5.91 Å². The second-order valence-electron chi connectivity index (χ2n) is 5.17. The van der Waals surface area contributed by atoms with Gasteiger partial charge < -0.3 is 4.74 Å². The van der Waals surface area contributed by atoms with Crippen LogP contribution in [0.25, 0.3) is 6.08 Å². The molecule has 7 heteroatoms. The van der Waals surface area contributed by atoms with E-state index in [1.807, 2.05) is 6.07 Å². The van der Waals surface area contributed by atoms with Gasteiger partial charge in [-0.3, -0.25) is 14.7 Å². The van der Waals surface area contributed by atoms with Gasteiger partial charge in [-0.15, -0.1) is 0 Å². The number of carbonyl (C=O) groups excluding carboxylic acids is 2. The molecule has 0 N–H and O–H groups in total. The van der Waals surface area contributed by atoms with E-state index in [2.05, 4.69) is 4.98 Å². The summed E-state index contributed by atoms with van der Waals surface area (Å²) in [6, 6.07) is 11.7. The van der Waals surface area contributed by atoms with Crippen molar-refractivity contribution in [3.63, 3.8) is 0 Å². The predicted octanol–water partition coefficient (Wildman–Crippen LogP) is 3.20. The largest absolute Gasteiger partial charge is 0.467 e. The summed E-state index contributed by atoms with van der Waals surface area (Å²) in [5.74, 6) is -0.848. The summed E-state index contributed by atoms with van der Waals surface area (Å²) in [4.78, 5) is 30.9. The highest BCUT2D eigenvalue weighted by Crippen LogP contribution is 2.38. The molecule has 0 spiro atoms. The number of pyridine rings is 1. The average molecular weight is 370 g/mol. The van der Waals surface area contributed by atoms with Gasteiger partial charge in [0.1, 0.15) is 4.32 Å². The zero-order valence-electron chi connectivity index (χ0n) is 13.3. The van der Waals surface area contributed by atoms with Crippen LogP contribution in [-0.4, -0.2) is 33.2 Å². The molecule has 1 aromatic carbocycles. The summed E-state index contributed by atoms with van der Waals surface area (Å²) in [5, 5.41) is 0. The maximum Gasteiger partial charge on any atom is 0.333 e. The van der Waals surface area contributed by atoms with Gasteiger partial charge in [0.2, 0.25) is 0 Å². The maximum atomic E-state index is 12.9. The SMILES string of the molecule is COC(=O)C(c1ccccc1)N1C(=O)/C(=C\c2ccncc2)SC1=S. The molecular formula is C18H14N2O3S2. The van der Waals surface area contributed by atoms with E-state index in [1.54, 1.807) is 54.9 Å². The molecule has 1 amide bonds. The van der Waals surface area contributed by atoms with E-state index in [0.29, 0.717) is 14.8 Å². The van der Waals surface area contributed by atoms with Crippen LogP contribution in [0.3, 0.4) is 0 Å². The molecule has 2 heterocycles. The monoisotopic (exact) mass is 370 g/mol. The second-order valence-corrected chi connectivity index (χ2v) is 6.84. The molecule has 1 saturated heterocycles. The van der Waals surface area contributed by atoms with Gasteiger partial charge in [0, 0.05) is 12.4 Å². The summed E-state index contributed by atoms with van der Waals surface area (Å²) in [6.45, 7) is 0. The molecule has 0 aliphatic carbocycles. The number of esters is 1. The van der Waals surface area contributed by atoms with Crippen molar-refractivity contribution in [3.05, 3.63) is 70.9 Å². The van der Waals surface area contributed by atoms with Crippen molar-refractivity contribution in [2.45, 2.75) is 6.04 Å². The number of ether oxygens (including phenoxy) is 1. The van der Waals surface area contributed by atoms with Crippen LogP contribution in [0.4, 0.5) is 0 Å². The van der Waals surface area contributed by atoms with Gasteiger partial charge in [-0.05, 0) is 29.3 Å². The lowest BCUT2D eigenvalue weighted by Crippen LogP contribution is -2.37. The number of hydrogen-bond donors (Lipinski definition) is 0. The van der Waals surface area contributed by atoms with Crippen LogP contribution in [0.5, 0.6) is 0 Å². The minimum atomic E-state index is -0.901. The van der Waals surface area contributed by atoms with Gasteiger partial charge in [0.05, 0.1) is 12.0 Å². The molecule has 1 aromatic heterocycles. The molecule has 1 atom stereocenters. The summed E-state index contributed by atoms with van der Waals surface area (Å²) in [5.41, 5.74) is 1.49. The molecule has 3 rings (SSSR count). The van der Waals surface area contributed by atoms with Crippen LogP contribution >= 0.6 is 24.0 Å². The first-order valence-corrected chi connectivity index (χ1v) is 8.64. The van der Waals surface area contributed by atoms with E-state index < -0.39 is 12.0 Å². The molecule has 1 aliphatic heterocycles. The zero-order valence-corrected chi connectivity index (χ0v) is 14.9. The van der Waals surface area contributed by atoms with Crippen LogP contribution in [-0.2, 0) is 14.3 Å². The lowest BCUT2D eigenvalue weighted by atomic mass is 10.1. The number of thioether (sulfide) groups is 1. The number of rotatable bonds is 4. The van der Waals surface area contributed by atoms with Crippen molar-refractivity contribution >= 4 is 46.3 Å². The van der Waals surface area contributed by atoms with Crippen molar-refractivity contribution < 1.29 is 14.3 Å². The number of aromatic nitrogens is 1. The predicted molar refractivity (Wildman–Crippen MR) is 100 cm³/mol. The first-order valence-electron chi connectivity index (χ1n) is 7.41. The van der Waals surface area contributed by atoms with E-state index in [9.17, 15) is 9.59 Å². The number of hydrogen-bond acceptors (Lipinski definition) is 6. The Balaban J connectivity index is 1.97. The van der Waals surface area contributed by atoms with Crippen LogP contribution < -0.4 is 0 Å². The quantitative estimate of drug-likeness (QED) is 0.468. The molecule has 1 fully saturated rings. The number of methoxy groups -OCH3 is 1. The standard InChI is InChI=1S/C18H14N2O3S2/c1-23-17(22)15(13-5-3-2-4-6-13)20-16(21)14(25-18(20)24)11-12-7-9-19-10-8-12/h2-11,15H,1H3/b14-11+. The van der Waals surface area contributed by atoms with Gasteiger partial charge >= 0.3 is 5.97 Å². The van der Waals surface area contributed by atoms with Crippen LogP contribution in [0, 0.1) is 0 Å². The fourth-order valence-electron chi connectivity index (χ4n) is 2.45. The Labute approximate surface area is 154 Å². The fourth-order valence-corrected chi connectivity index (χ4v) is 3.76. The van der Waals surface area contributed by atoms with Crippen LogP contribution in [0.1, 0.15) is 17.2 Å². The van der Waals surface area contributed by atoms with Gasteiger partial charge in [-0.2, -0.15) is 0 Å². The molecule has 1 aliphatic rings. The Morgan fingerprint density at radius 1 is 1.24 bits per heavy atom. The summed E-state index contributed by atoms with van der Waals surface area (Å²) in [7, 11) is 1.29. The van der Waals surface area contributed by atoms with Crippen molar-refractivity contribution in [3.8, 4) is 0 Å². The van der Waals surface area contributed by atoms with E-state index in [0.717, 1.165) is 5.56 Å². The molecule has 5 nitrogen and oxygen atoms in total. The Morgan fingerprint density at radius 3 is 2.56 bits per heavy atom. The Morgan fingerprint density at radius 2 is 1.92 bits per heavy atom. The third kappa shape index (κ3) is 3.62. The number of nitrogens with zero attached hydrogens (tertiary/aromatic N) is 2. The van der Waals surface area contributed by atoms with Gasteiger partial charge in [-0.25, -0.2) is 4.79 Å². The lowest BCUT2D eigenvalue weighted by molar-refractivity contribution is -0.148. The first kappa shape index (κ1) is 17.3. The Kier molecular flexibility index (Phi) is 5.25. The fraction of sp³-hybridized carbons (Fsp3) is 0.111. The van der Waals surface area contributed by atoms with Crippen molar-refractivity contribution in [1.82, 2.24) is 9.88 Å². The number of benzene rings is 1. The minimum absolute atomic E-state index is 0.314. The molecule has 2 aromatic rings. The lowest BCUT2D eigenvalue weighted by Gasteiger charge is -2.24. The van der Waals surface area contributed by atoms with E-state index >= 15 is 0 Å². The maximum absolute atomic E-state index is 12.9. The first-order chi connectivity index (χ1) is 12.1. The highest BCUT2D eigenvalue weighted by molar-refractivity contribution is 8.26. The second kappa shape index (κ2) is 7.58.